The van der Waals surface area contributed by atoms with E-state index < -0.39 is 0 Å². The Morgan fingerprint density at radius 1 is 1.21 bits per heavy atom. The number of hydrogen-bond acceptors (Lipinski definition) is 4. The van der Waals surface area contributed by atoms with E-state index in [1.165, 1.54) is 15.3 Å². The van der Waals surface area contributed by atoms with Crippen molar-refractivity contribution in [2.75, 3.05) is 47.4 Å². The van der Waals surface area contributed by atoms with Crippen molar-refractivity contribution in [1.82, 2.24) is 14.7 Å². The van der Waals surface area contributed by atoms with Crippen LogP contribution < -0.4 is 0 Å². The van der Waals surface area contributed by atoms with Crippen LogP contribution in [0.1, 0.15) is 27.6 Å². The molecule has 2 aromatic rings. The monoisotopic (exact) mass is 415 g/mol. The quantitative estimate of drug-likeness (QED) is 0.728. The molecule has 1 aromatic carbocycles. The van der Waals surface area contributed by atoms with Crippen molar-refractivity contribution in [2.45, 2.75) is 19.4 Å². The third kappa shape index (κ3) is 4.62. The highest BCUT2D eigenvalue weighted by molar-refractivity contribution is 7.10. The van der Waals surface area contributed by atoms with Crippen molar-refractivity contribution >= 4 is 23.3 Å². The molecule has 3 amide bonds. The Morgan fingerprint density at radius 2 is 1.97 bits per heavy atom. The summed E-state index contributed by atoms with van der Waals surface area (Å²) in [4.78, 5) is 32.3. The smallest absolute Gasteiger partial charge is 0.320 e. The highest BCUT2D eigenvalue weighted by Gasteiger charge is 2.34. The summed E-state index contributed by atoms with van der Waals surface area (Å²) in [6, 6.07) is 10.1. The predicted molar refractivity (Wildman–Crippen MR) is 115 cm³/mol. The van der Waals surface area contributed by atoms with Gasteiger partial charge in [-0.15, -0.1) is 11.3 Å². The Bertz CT molecular complexity index is 864. The summed E-state index contributed by atoms with van der Waals surface area (Å²) >= 11 is 1.75. The van der Waals surface area contributed by atoms with Crippen LogP contribution in [0.4, 0.5) is 4.79 Å². The van der Waals surface area contributed by atoms with Crippen molar-refractivity contribution in [3.63, 3.8) is 0 Å². The Hall–Kier alpha value is -2.38. The summed E-state index contributed by atoms with van der Waals surface area (Å²) in [5.41, 5.74) is 3.50. The van der Waals surface area contributed by atoms with E-state index in [1.54, 1.807) is 37.4 Å². The van der Waals surface area contributed by atoms with Crippen LogP contribution >= 0.6 is 11.3 Å². The van der Waals surface area contributed by atoms with E-state index in [1.807, 2.05) is 17.0 Å². The second-order valence-corrected chi connectivity index (χ2v) is 8.49. The van der Waals surface area contributed by atoms with Crippen LogP contribution in [0.3, 0.4) is 0 Å². The van der Waals surface area contributed by atoms with Gasteiger partial charge in [-0.2, -0.15) is 0 Å². The number of aryl methyl sites for hydroxylation is 1. The average Bonchev–Trinajstić information content (AvgIpc) is 3.19. The van der Waals surface area contributed by atoms with Crippen molar-refractivity contribution in [3.05, 3.63) is 57.3 Å². The predicted octanol–water partition coefficient (Wildman–Crippen LogP) is 3.16. The van der Waals surface area contributed by atoms with Gasteiger partial charge in [0.05, 0.1) is 12.6 Å². The van der Waals surface area contributed by atoms with E-state index in [2.05, 4.69) is 30.5 Å². The molecular weight excluding hydrogens is 386 g/mol. The minimum atomic E-state index is -0.184. The number of urea groups is 1. The molecule has 1 atom stereocenters. The normalized spacial score (nSPS) is 15.7. The molecule has 6 nitrogen and oxygen atoms in total. The molecule has 0 unspecified atom stereocenters. The first-order valence-electron chi connectivity index (χ1n) is 9.80. The van der Waals surface area contributed by atoms with E-state index in [4.69, 9.17) is 4.74 Å². The molecule has 0 fully saturated rings. The van der Waals surface area contributed by atoms with E-state index >= 15 is 0 Å². The Morgan fingerprint density at radius 3 is 2.66 bits per heavy atom. The van der Waals surface area contributed by atoms with Crippen molar-refractivity contribution < 1.29 is 14.3 Å². The first-order chi connectivity index (χ1) is 13.9. The van der Waals surface area contributed by atoms with Crippen LogP contribution in [-0.2, 0) is 16.0 Å². The van der Waals surface area contributed by atoms with Crippen molar-refractivity contribution in [3.8, 4) is 0 Å². The minimum absolute atomic E-state index is 0.0404. The number of thiophene rings is 1. The van der Waals surface area contributed by atoms with Gasteiger partial charge in [-0.25, -0.2) is 4.79 Å². The molecule has 0 aliphatic carbocycles. The third-order valence-electron chi connectivity index (χ3n) is 5.31. The topological polar surface area (TPSA) is 53.1 Å². The number of amides is 3. The summed E-state index contributed by atoms with van der Waals surface area (Å²) in [5.74, 6) is -0.0404. The molecule has 0 saturated carbocycles. The van der Waals surface area contributed by atoms with E-state index in [-0.39, 0.29) is 24.5 Å². The fourth-order valence-electron chi connectivity index (χ4n) is 3.79. The lowest BCUT2D eigenvalue weighted by Gasteiger charge is -2.38. The molecule has 1 aliphatic rings. The second kappa shape index (κ2) is 9.41. The molecule has 2 heterocycles. The van der Waals surface area contributed by atoms with Crippen molar-refractivity contribution in [2.24, 2.45) is 0 Å². The number of carbonyl (C=O) groups excluding carboxylic acids is 2. The molecule has 7 heteroatoms. The van der Waals surface area contributed by atoms with Crippen LogP contribution in [0.15, 0.2) is 35.7 Å². The molecule has 0 bridgehead atoms. The summed E-state index contributed by atoms with van der Waals surface area (Å²) in [6.07, 6.45) is 0.848. The molecule has 0 radical (unpaired) electrons. The van der Waals surface area contributed by atoms with Crippen molar-refractivity contribution in [1.29, 1.82) is 0 Å². The maximum Gasteiger partial charge on any atom is 0.320 e. The van der Waals surface area contributed by atoms with Crippen LogP contribution in [0.5, 0.6) is 0 Å². The van der Waals surface area contributed by atoms with E-state index in [0.29, 0.717) is 19.7 Å². The molecule has 3 rings (SSSR count). The number of benzene rings is 1. The molecule has 0 spiro atoms. The summed E-state index contributed by atoms with van der Waals surface area (Å²) in [6.45, 7) is 3.55. The minimum Gasteiger partial charge on any atom is -0.383 e. The lowest BCUT2D eigenvalue weighted by atomic mass is 9.90. The average molecular weight is 416 g/mol. The van der Waals surface area contributed by atoms with Gasteiger partial charge in [0.2, 0.25) is 5.91 Å². The molecular formula is C22H29N3O3S. The van der Waals surface area contributed by atoms with Gasteiger partial charge in [0.15, 0.2) is 0 Å². The lowest BCUT2D eigenvalue weighted by molar-refractivity contribution is -0.134. The standard InChI is InChI=1S/C22H29N3O3S/c1-16-7-5-6-8-17(16)21-18-10-14-29-19(18)9-11-25(21)20(26)15-24(12-13-28-4)22(27)23(2)3/h5-8,10,14,21H,9,11-13,15H2,1-4H3/t21-/m0/s1. The van der Waals surface area contributed by atoms with Gasteiger partial charge >= 0.3 is 6.03 Å². The molecule has 1 aromatic heterocycles. The van der Waals surface area contributed by atoms with E-state index in [9.17, 15) is 9.59 Å². The lowest BCUT2D eigenvalue weighted by Crippen LogP contribution is -2.49. The van der Waals surface area contributed by atoms with Gasteiger partial charge < -0.3 is 19.4 Å². The van der Waals surface area contributed by atoms with Crippen LogP contribution in [0, 0.1) is 6.92 Å². The van der Waals surface area contributed by atoms with Crippen LogP contribution in [0.25, 0.3) is 0 Å². The number of hydrogen-bond donors (Lipinski definition) is 0. The third-order valence-corrected chi connectivity index (χ3v) is 6.31. The zero-order valence-electron chi connectivity index (χ0n) is 17.6. The van der Waals surface area contributed by atoms with Gasteiger partial charge in [-0.3, -0.25) is 4.79 Å². The van der Waals surface area contributed by atoms with Gasteiger partial charge in [0.1, 0.15) is 6.54 Å². The zero-order chi connectivity index (χ0) is 21.0. The molecule has 1 aliphatic heterocycles. The van der Waals surface area contributed by atoms with Gasteiger partial charge in [0.25, 0.3) is 0 Å². The summed E-state index contributed by atoms with van der Waals surface area (Å²) < 4.78 is 5.14. The number of nitrogens with zero attached hydrogens (tertiary/aromatic N) is 3. The number of carbonyl (C=O) groups is 2. The maximum absolute atomic E-state index is 13.4. The summed E-state index contributed by atoms with van der Waals surface area (Å²) in [7, 11) is 4.99. The Kier molecular flexibility index (Phi) is 6.92. The van der Waals surface area contributed by atoms with Gasteiger partial charge in [-0.1, -0.05) is 24.3 Å². The van der Waals surface area contributed by atoms with Crippen LogP contribution in [-0.4, -0.2) is 74.1 Å². The number of fused-ring (bicyclic) bond motifs is 1. The van der Waals surface area contributed by atoms with Crippen LogP contribution in [0.2, 0.25) is 0 Å². The Labute approximate surface area is 176 Å². The first-order valence-corrected chi connectivity index (χ1v) is 10.7. The number of rotatable bonds is 6. The SMILES string of the molecule is COCCN(CC(=O)N1CCc2sccc2[C@@H]1c1ccccc1C)C(=O)N(C)C. The largest absolute Gasteiger partial charge is 0.383 e. The van der Waals surface area contributed by atoms with E-state index in [0.717, 1.165) is 17.5 Å². The first kappa shape index (κ1) is 21.3. The number of methoxy groups -OCH3 is 1. The second-order valence-electron chi connectivity index (χ2n) is 7.49. The molecule has 156 valence electrons. The Balaban J connectivity index is 1.90. The molecule has 0 saturated heterocycles. The summed E-state index contributed by atoms with van der Waals surface area (Å²) in [5, 5.41) is 2.10. The highest BCUT2D eigenvalue weighted by Crippen LogP contribution is 2.38. The van der Waals surface area contributed by atoms with Gasteiger partial charge in [-0.05, 0) is 41.5 Å². The fourth-order valence-corrected chi connectivity index (χ4v) is 4.70. The fraction of sp³-hybridized carbons (Fsp3) is 0.455. The molecule has 0 N–H and O–H groups in total. The maximum atomic E-state index is 13.4. The molecule has 29 heavy (non-hydrogen) atoms. The zero-order valence-corrected chi connectivity index (χ0v) is 18.4. The number of ether oxygens (including phenoxy) is 1. The highest BCUT2D eigenvalue weighted by atomic mass is 32.1. The van der Waals surface area contributed by atoms with Gasteiger partial charge in [0, 0.05) is 39.2 Å².